The lowest BCUT2D eigenvalue weighted by Gasteiger charge is -2.26. The van der Waals surface area contributed by atoms with E-state index in [1.165, 1.54) is 42.4 Å². The number of alkyl halides is 3. The zero-order valence-corrected chi connectivity index (χ0v) is 13.2. The smallest absolute Gasteiger partial charge is 0.357 e. The highest BCUT2D eigenvalue weighted by molar-refractivity contribution is 5.92. The Labute approximate surface area is 136 Å². The number of halogens is 3. The Morgan fingerprint density at radius 2 is 1.92 bits per heavy atom. The predicted molar refractivity (Wildman–Crippen MR) is 83.8 cm³/mol. The molecule has 1 atom stereocenters. The van der Waals surface area contributed by atoms with Gasteiger partial charge in [-0.25, -0.2) is 0 Å². The molecule has 0 saturated carbocycles. The Kier molecular flexibility index (Phi) is 5.11. The van der Waals surface area contributed by atoms with Crippen LogP contribution in [0, 0.1) is 0 Å². The van der Waals surface area contributed by atoms with Gasteiger partial charge < -0.3 is 9.88 Å². The maximum atomic E-state index is 13.0. The molecule has 1 N–H and O–H groups in total. The van der Waals surface area contributed by atoms with Crippen LogP contribution in [0.1, 0.15) is 28.5 Å². The number of rotatable bonds is 4. The highest BCUT2D eigenvalue weighted by Crippen LogP contribution is 2.32. The number of pyridine rings is 1. The average Bonchev–Trinajstić information content (AvgIpc) is 2.53. The summed E-state index contributed by atoms with van der Waals surface area (Å²) < 4.78 is 39.1. The molecule has 0 radical (unpaired) electrons. The summed E-state index contributed by atoms with van der Waals surface area (Å²) in [5, 5.41) is 0. The van der Waals surface area contributed by atoms with Crippen molar-refractivity contribution in [3.63, 3.8) is 0 Å². The first-order chi connectivity index (χ1) is 11.2. The molecule has 0 aliphatic rings. The summed E-state index contributed by atoms with van der Waals surface area (Å²) in [6.07, 6.45) is -3.04. The molecule has 0 saturated heterocycles. The van der Waals surface area contributed by atoms with E-state index in [1.807, 2.05) is 0 Å². The van der Waals surface area contributed by atoms with Crippen LogP contribution in [0.15, 0.2) is 47.4 Å². The summed E-state index contributed by atoms with van der Waals surface area (Å²) in [6.45, 7) is 1.66. The Hall–Kier alpha value is -2.57. The fraction of sp³-hybridized carbons (Fsp3) is 0.294. The van der Waals surface area contributed by atoms with Gasteiger partial charge in [-0.3, -0.25) is 9.59 Å². The Morgan fingerprint density at radius 1 is 1.25 bits per heavy atom. The number of carbonyl (C=O) groups is 1. The zero-order valence-electron chi connectivity index (χ0n) is 13.2. The summed E-state index contributed by atoms with van der Waals surface area (Å²) >= 11 is 0. The van der Waals surface area contributed by atoms with E-state index in [9.17, 15) is 22.8 Å². The molecule has 1 heterocycles. The number of hydrogen-bond donors (Lipinski definition) is 1. The van der Waals surface area contributed by atoms with Gasteiger partial charge in [0, 0.05) is 31.4 Å². The molecule has 2 rings (SSSR count). The maximum Gasteiger partial charge on any atom is 0.416 e. The standard InChI is InChI=1S/C17H17F3N2O2/c1-11(9-12-5-3-4-6-14(12)17(18,19)20)22(2)16(24)15-10-13(23)7-8-21-15/h3-8,10-11H,9H2,1-2H3,(H,21,23)/t11-/m0/s1. The van der Waals surface area contributed by atoms with Crippen LogP contribution in [0.2, 0.25) is 0 Å². The Bertz CT molecular complexity index is 784. The van der Waals surface area contributed by atoms with Crippen molar-refractivity contribution in [2.45, 2.75) is 25.6 Å². The first-order valence-electron chi connectivity index (χ1n) is 7.31. The van der Waals surface area contributed by atoms with E-state index in [-0.39, 0.29) is 23.1 Å². The van der Waals surface area contributed by atoms with Gasteiger partial charge in [0.25, 0.3) is 5.91 Å². The van der Waals surface area contributed by atoms with Gasteiger partial charge in [0.2, 0.25) is 0 Å². The molecule has 1 amide bonds. The van der Waals surface area contributed by atoms with Gasteiger partial charge in [-0.2, -0.15) is 13.2 Å². The molecule has 0 bridgehead atoms. The summed E-state index contributed by atoms with van der Waals surface area (Å²) in [5.41, 5.74) is -0.800. The van der Waals surface area contributed by atoms with Crippen molar-refractivity contribution in [3.05, 3.63) is 69.6 Å². The van der Waals surface area contributed by atoms with E-state index < -0.39 is 23.7 Å². The highest BCUT2D eigenvalue weighted by Gasteiger charge is 2.33. The number of H-pyrrole nitrogens is 1. The molecule has 0 fully saturated rings. The molecule has 7 heteroatoms. The first-order valence-corrected chi connectivity index (χ1v) is 7.31. The third-order valence-corrected chi connectivity index (χ3v) is 3.82. The van der Waals surface area contributed by atoms with Crippen molar-refractivity contribution in [2.75, 3.05) is 7.05 Å². The van der Waals surface area contributed by atoms with Crippen LogP contribution in [0.25, 0.3) is 0 Å². The van der Waals surface area contributed by atoms with Crippen LogP contribution in [-0.2, 0) is 12.6 Å². The quantitative estimate of drug-likeness (QED) is 0.931. The summed E-state index contributed by atoms with van der Waals surface area (Å²) in [6, 6.07) is 7.26. The molecule has 2 aromatic rings. The summed E-state index contributed by atoms with van der Waals surface area (Å²) in [4.78, 5) is 27.7. The Balaban J connectivity index is 2.19. The van der Waals surface area contributed by atoms with E-state index in [1.54, 1.807) is 6.92 Å². The minimum absolute atomic E-state index is 0.0506. The largest absolute Gasteiger partial charge is 0.416 e. The van der Waals surface area contributed by atoms with Gasteiger partial charge in [0.1, 0.15) is 5.69 Å². The minimum Gasteiger partial charge on any atom is -0.357 e. The second-order valence-corrected chi connectivity index (χ2v) is 5.56. The second-order valence-electron chi connectivity index (χ2n) is 5.56. The lowest BCUT2D eigenvalue weighted by Crippen LogP contribution is -2.37. The van der Waals surface area contributed by atoms with Crippen LogP contribution in [0.3, 0.4) is 0 Å². The molecule has 0 aliphatic heterocycles. The number of nitrogens with zero attached hydrogens (tertiary/aromatic N) is 1. The number of nitrogens with one attached hydrogen (secondary N) is 1. The number of aromatic amines is 1. The fourth-order valence-electron chi connectivity index (χ4n) is 2.39. The van der Waals surface area contributed by atoms with Crippen molar-refractivity contribution in [2.24, 2.45) is 0 Å². The fourth-order valence-corrected chi connectivity index (χ4v) is 2.39. The van der Waals surface area contributed by atoms with Gasteiger partial charge >= 0.3 is 6.18 Å². The second kappa shape index (κ2) is 6.90. The third-order valence-electron chi connectivity index (χ3n) is 3.82. The third kappa shape index (κ3) is 4.04. The summed E-state index contributed by atoms with van der Waals surface area (Å²) in [7, 11) is 1.49. The van der Waals surface area contributed by atoms with Crippen LogP contribution in [-0.4, -0.2) is 28.9 Å². The number of hydrogen-bond acceptors (Lipinski definition) is 2. The van der Waals surface area contributed by atoms with Crippen molar-refractivity contribution in [1.29, 1.82) is 0 Å². The number of amides is 1. The molecule has 0 unspecified atom stereocenters. The van der Waals surface area contributed by atoms with E-state index in [0.29, 0.717) is 0 Å². The molecular formula is C17H17F3N2O2. The van der Waals surface area contributed by atoms with E-state index in [0.717, 1.165) is 12.1 Å². The van der Waals surface area contributed by atoms with Crippen LogP contribution in [0.5, 0.6) is 0 Å². The molecule has 1 aromatic heterocycles. The topological polar surface area (TPSA) is 53.2 Å². The molecule has 128 valence electrons. The lowest BCUT2D eigenvalue weighted by atomic mass is 10.00. The minimum atomic E-state index is -4.44. The van der Waals surface area contributed by atoms with E-state index in [4.69, 9.17) is 0 Å². The monoisotopic (exact) mass is 338 g/mol. The number of likely N-dealkylation sites (N-methyl/N-ethyl adjacent to an activating group) is 1. The highest BCUT2D eigenvalue weighted by atomic mass is 19.4. The molecule has 1 aromatic carbocycles. The SMILES string of the molecule is C[C@@H](Cc1ccccc1C(F)(F)F)N(C)C(=O)c1cc(=O)cc[nH]1. The van der Waals surface area contributed by atoms with Crippen LogP contribution < -0.4 is 5.43 Å². The normalized spacial score (nSPS) is 12.7. The van der Waals surface area contributed by atoms with Crippen molar-refractivity contribution >= 4 is 5.91 Å². The average molecular weight is 338 g/mol. The predicted octanol–water partition coefficient (Wildman–Crippen LogP) is 3.10. The van der Waals surface area contributed by atoms with Gasteiger partial charge in [0.05, 0.1) is 5.56 Å². The number of aromatic nitrogens is 1. The summed E-state index contributed by atoms with van der Waals surface area (Å²) in [5.74, 6) is -0.454. The molecule has 0 spiro atoms. The number of benzene rings is 1. The van der Waals surface area contributed by atoms with Crippen LogP contribution in [0.4, 0.5) is 13.2 Å². The molecule has 4 nitrogen and oxygen atoms in total. The van der Waals surface area contributed by atoms with Gasteiger partial charge in [-0.1, -0.05) is 18.2 Å². The Morgan fingerprint density at radius 3 is 2.54 bits per heavy atom. The lowest BCUT2D eigenvalue weighted by molar-refractivity contribution is -0.138. The molecule has 24 heavy (non-hydrogen) atoms. The van der Waals surface area contributed by atoms with Crippen LogP contribution >= 0.6 is 0 Å². The van der Waals surface area contributed by atoms with Crippen molar-refractivity contribution < 1.29 is 18.0 Å². The van der Waals surface area contributed by atoms with Gasteiger partial charge in [0.15, 0.2) is 5.43 Å². The molecular weight excluding hydrogens is 321 g/mol. The van der Waals surface area contributed by atoms with Crippen molar-refractivity contribution in [3.8, 4) is 0 Å². The zero-order chi connectivity index (χ0) is 17.9. The van der Waals surface area contributed by atoms with E-state index >= 15 is 0 Å². The van der Waals surface area contributed by atoms with E-state index in [2.05, 4.69) is 4.98 Å². The molecule has 0 aliphatic carbocycles. The number of carbonyl (C=O) groups excluding carboxylic acids is 1. The first kappa shape index (κ1) is 17.8. The van der Waals surface area contributed by atoms with Gasteiger partial charge in [-0.05, 0) is 25.0 Å². The van der Waals surface area contributed by atoms with Crippen molar-refractivity contribution in [1.82, 2.24) is 9.88 Å². The maximum absolute atomic E-state index is 13.0. The van der Waals surface area contributed by atoms with Gasteiger partial charge in [-0.15, -0.1) is 0 Å².